The standard InChI is InChI=1S/C20H22ClNO5S/c1-14-3-5-15(6-4-14)7-10-19(23)22-11-12-27-20(24)17-13-16(28(2,25)26)8-9-18(17)21/h3-6,8-9,13H,7,10-12H2,1-2H3,(H,22,23). The number of carbonyl (C=O) groups excluding carboxylic acids is 2. The summed E-state index contributed by atoms with van der Waals surface area (Å²) in [4.78, 5) is 24.0. The fraction of sp³-hybridized carbons (Fsp3) is 0.300. The summed E-state index contributed by atoms with van der Waals surface area (Å²) in [6.07, 6.45) is 2.00. The van der Waals surface area contributed by atoms with Crippen molar-refractivity contribution in [3.8, 4) is 0 Å². The summed E-state index contributed by atoms with van der Waals surface area (Å²) in [7, 11) is -3.47. The van der Waals surface area contributed by atoms with Crippen LogP contribution in [0, 0.1) is 6.92 Å². The topological polar surface area (TPSA) is 89.5 Å². The van der Waals surface area contributed by atoms with Crippen LogP contribution in [0.15, 0.2) is 47.4 Å². The molecule has 0 fully saturated rings. The van der Waals surface area contributed by atoms with E-state index < -0.39 is 15.8 Å². The Labute approximate surface area is 169 Å². The second-order valence-electron chi connectivity index (χ2n) is 6.39. The summed E-state index contributed by atoms with van der Waals surface area (Å²) < 4.78 is 28.3. The smallest absolute Gasteiger partial charge is 0.339 e. The second kappa shape index (κ2) is 9.71. The van der Waals surface area contributed by atoms with E-state index in [1.54, 1.807) is 0 Å². The van der Waals surface area contributed by atoms with Gasteiger partial charge in [-0.15, -0.1) is 0 Å². The van der Waals surface area contributed by atoms with Crippen LogP contribution in [-0.4, -0.2) is 39.7 Å². The Hall–Kier alpha value is -2.38. The molecule has 0 unspecified atom stereocenters. The van der Waals surface area contributed by atoms with E-state index in [1.165, 1.54) is 18.2 Å². The maximum atomic E-state index is 12.1. The highest BCUT2D eigenvalue weighted by Crippen LogP contribution is 2.21. The molecule has 28 heavy (non-hydrogen) atoms. The molecular weight excluding hydrogens is 402 g/mol. The molecule has 0 atom stereocenters. The van der Waals surface area contributed by atoms with Crippen LogP contribution in [-0.2, 0) is 25.8 Å². The molecule has 2 aromatic carbocycles. The third kappa shape index (κ3) is 6.65. The molecule has 0 spiro atoms. The predicted octanol–water partition coefficient (Wildman–Crippen LogP) is 2.96. The molecule has 8 heteroatoms. The molecule has 0 saturated carbocycles. The van der Waals surface area contributed by atoms with Crippen molar-refractivity contribution in [1.29, 1.82) is 0 Å². The number of benzene rings is 2. The lowest BCUT2D eigenvalue weighted by molar-refractivity contribution is -0.121. The van der Waals surface area contributed by atoms with Gasteiger partial charge in [-0.3, -0.25) is 4.79 Å². The van der Waals surface area contributed by atoms with Crippen LogP contribution in [0.25, 0.3) is 0 Å². The van der Waals surface area contributed by atoms with Crippen molar-refractivity contribution in [2.24, 2.45) is 0 Å². The van der Waals surface area contributed by atoms with E-state index in [0.29, 0.717) is 12.8 Å². The van der Waals surface area contributed by atoms with Gasteiger partial charge in [0.1, 0.15) is 6.61 Å². The van der Waals surface area contributed by atoms with Gasteiger partial charge in [-0.25, -0.2) is 13.2 Å². The highest BCUT2D eigenvalue weighted by atomic mass is 35.5. The predicted molar refractivity (Wildman–Crippen MR) is 107 cm³/mol. The summed E-state index contributed by atoms with van der Waals surface area (Å²) in [6.45, 7) is 2.11. The number of ether oxygens (including phenoxy) is 1. The highest BCUT2D eigenvalue weighted by Gasteiger charge is 2.16. The molecule has 6 nitrogen and oxygen atoms in total. The van der Waals surface area contributed by atoms with Gasteiger partial charge >= 0.3 is 5.97 Å². The van der Waals surface area contributed by atoms with Crippen LogP contribution in [0.3, 0.4) is 0 Å². The van der Waals surface area contributed by atoms with E-state index in [0.717, 1.165) is 17.4 Å². The third-order valence-corrected chi connectivity index (χ3v) is 5.44. The second-order valence-corrected chi connectivity index (χ2v) is 8.81. The van der Waals surface area contributed by atoms with Crippen LogP contribution >= 0.6 is 11.6 Å². The molecule has 0 aliphatic rings. The summed E-state index contributed by atoms with van der Waals surface area (Å²) >= 11 is 5.95. The number of hydrogen-bond donors (Lipinski definition) is 1. The average Bonchev–Trinajstić information content (AvgIpc) is 2.64. The summed E-state index contributed by atoms with van der Waals surface area (Å²) in [5.41, 5.74) is 2.21. The van der Waals surface area contributed by atoms with E-state index >= 15 is 0 Å². The minimum absolute atomic E-state index is 0.0201. The fourth-order valence-corrected chi connectivity index (χ4v) is 3.25. The maximum Gasteiger partial charge on any atom is 0.339 e. The number of nitrogens with one attached hydrogen (secondary N) is 1. The van der Waals surface area contributed by atoms with Crippen LogP contribution in [0.2, 0.25) is 5.02 Å². The minimum atomic E-state index is -3.47. The molecule has 0 heterocycles. The van der Waals surface area contributed by atoms with Gasteiger partial charge in [0.15, 0.2) is 9.84 Å². The number of aryl methyl sites for hydroxylation is 2. The van der Waals surface area contributed by atoms with E-state index in [1.807, 2.05) is 31.2 Å². The Morgan fingerprint density at radius 3 is 2.43 bits per heavy atom. The largest absolute Gasteiger partial charge is 0.460 e. The Bertz CT molecular complexity index is 955. The van der Waals surface area contributed by atoms with Gasteiger partial charge in [0.2, 0.25) is 5.91 Å². The van der Waals surface area contributed by atoms with Crippen molar-refractivity contribution < 1.29 is 22.7 Å². The van der Waals surface area contributed by atoms with Gasteiger partial charge < -0.3 is 10.1 Å². The first-order chi connectivity index (χ1) is 13.2. The van der Waals surface area contributed by atoms with Gasteiger partial charge in [-0.05, 0) is 37.1 Å². The zero-order chi connectivity index (χ0) is 20.7. The molecule has 1 amide bonds. The lowest BCUT2D eigenvalue weighted by Gasteiger charge is -2.09. The summed E-state index contributed by atoms with van der Waals surface area (Å²) in [5.74, 6) is -0.891. The van der Waals surface area contributed by atoms with Crippen molar-refractivity contribution in [3.05, 3.63) is 64.2 Å². The van der Waals surface area contributed by atoms with Crippen LogP contribution < -0.4 is 5.32 Å². The van der Waals surface area contributed by atoms with Crippen molar-refractivity contribution in [2.75, 3.05) is 19.4 Å². The number of hydrogen-bond acceptors (Lipinski definition) is 5. The van der Waals surface area contributed by atoms with Crippen LogP contribution in [0.5, 0.6) is 0 Å². The Balaban J connectivity index is 1.78. The Morgan fingerprint density at radius 2 is 1.79 bits per heavy atom. The first kappa shape index (κ1) is 21.9. The molecule has 0 saturated heterocycles. The summed E-state index contributed by atoms with van der Waals surface area (Å²) in [6, 6.07) is 11.8. The molecule has 0 aliphatic heterocycles. The Morgan fingerprint density at radius 1 is 1.11 bits per heavy atom. The quantitative estimate of drug-likeness (QED) is 0.520. The lowest BCUT2D eigenvalue weighted by Crippen LogP contribution is -2.28. The third-order valence-electron chi connectivity index (χ3n) is 4.00. The number of carbonyl (C=O) groups is 2. The van der Waals surface area contributed by atoms with Gasteiger partial charge in [-0.1, -0.05) is 41.4 Å². The highest BCUT2D eigenvalue weighted by molar-refractivity contribution is 7.90. The van der Waals surface area contributed by atoms with Crippen molar-refractivity contribution in [2.45, 2.75) is 24.7 Å². The average molecular weight is 424 g/mol. The fourth-order valence-electron chi connectivity index (χ4n) is 2.40. The number of halogens is 1. The molecule has 0 aliphatic carbocycles. The molecule has 1 N–H and O–H groups in total. The molecule has 150 valence electrons. The Kier molecular flexibility index (Phi) is 7.60. The van der Waals surface area contributed by atoms with Crippen molar-refractivity contribution >= 4 is 33.3 Å². The molecule has 2 rings (SSSR count). The molecule has 2 aromatic rings. The molecule has 0 bridgehead atoms. The lowest BCUT2D eigenvalue weighted by atomic mass is 10.1. The first-order valence-corrected chi connectivity index (χ1v) is 10.9. The van der Waals surface area contributed by atoms with Gasteiger partial charge in [-0.2, -0.15) is 0 Å². The van der Waals surface area contributed by atoms with E-state index in [4.69, 9.17) is 16.3 Å². The zero-order valence-electron chi connectivity index (χ0n) is 15.7. The van der Waals surface area contributed by atoms with Crippen LogP contribution in [0.4, 0.5) is 0 Å². The molecule has 0 radical (unpaired) electrons. The monoisotopic (exact) mass is 423 g/mol. The first-order valence-electron chi connectivity index (χ1n) is 8.66. The molecule has 0 aromatic heterocycles. The number of sulfone groups is 1. The van der Waals surface area contributed by atoms with E-state index in [-0.39, 0.29) is 34.5 Å². The number of rotatable bonds is 8. The van der Waals surface area contributed by atoms with Crippen molar-refractivity contribution in [3.63, 3.8) is 0 Å². The zero-order valence-corrected chi connectivity index (χ0v) is 17.3. The van der Waals surface area contributed by atoms with E-state index in [2.05, 4.69) is 5.32 Å². The van der Waals surface area contributed by atoms with Crippen LogP contribution in [0.1, 0.15) is 27.9 Å². The van der Waals surface area contributed by atoms with Crippen molar-refractivity contribution in [1.82, 2.24) is 5.32 Å². The number of amides is 1. The number of esters is 1. The molecular formula is C20H22ClNO5S. The minimum Gasteiger partial charge on any atom is -0.460 e. The van der Waals surface area contributed by atoms with E-state index in [9.17, 15) is 18.0 Å². The maximum absolute atomic E-state index is 12.1. The van der Waals surface area contributed by atoms with Gasteiger partial charge in [0.05, 0.1) is 22.0 Å². The van der Waals surface area contributed by atoms with Gasteiger partial charge in [0, 0.05) is 12.7 Å². The normalized spacial score (nSPS) is 11.1. The van der Waals surface area contributed by atoms with Gasteiger partial charge in [0.25, 0.3) is 0 Å². The SMILES string of the molecule is Cc1ccc(CCC(=O)NCCOC(=O)c2cc(S(C)(=O)=O)ccc2Cl)cc1. The summed E-state index contributed by atoms with van der Waals surface area (Å²) in [5, 5.41) is 2.77.